The molecule has 0 atom stereocenters. The summed E-state index contributed by atoms with van der Waals surface area (Å²) in [6.07, 6.45) is 0.970. The standard InChI is InChI=1S/C20H21IN2O5S/c21-16-3-1-2-4-17(16)22-20(24)14-7-9-23(10-8-14)29(25,26)15-5-6-18-19(13-15)28-12-11-27-18/h1-6,13-14H,7-12H2,(H,22,24). The molecule has 2 aliphatic rings. The van der Waals surface area contributed by atoms with E-state index in [0.717, 1.165) is 9.26 Å². The van der Waals surface area contributed by atoms with Crippen molar-refractivity contribution in [1.82, 2.24) is 4.31 Å². The minimum Gasteiger partial charge on any atom is -0.486 e. The van der Waals surface area contributed by atoms with Gasteiger partial charge >= 0.3 is 0 Å². The molecular weight excluding hydrogens is 507 g/mol. The number of hydrogen-bond donors (Lipinski definition) is 1. The van der Waals surface area contributed by atoms with Crippen LogP contribution in [0.1, 0.15) is 12.8 Å². The highest BCUT2D eigenvalue weighted by atomic mass is 127. The van der Waals surface area contributed by atoms with Gasteiger partial charge in [0.15, 0.2) is 11.5 Å². The van der Waals surface area contributed by atoms with Gasteiger partial charge in [0.05, 0.1) is 10.6 Å². The van der Waals surface area contributed by atoms with Gasteiger partial charge in [0.25, 0.3) is 0 Å². The van der Waals surface area contributed by atoms with Crippen molar-refractivity contribution >= 4 is 44.2 Å². The molecule has 1 fully saturated rings. The van der Waals surface area contributed by atoms with Crippen LogP contribution in [0.25, 0.3) is 0 Å². The number of carbonyl (C=O) groups excluding carboxylic acids is 1. The Labute approximate surface area is 183 Å². The van der Waals surface area contributed by atoms with E-state index in [-0.39, 0.29) is 16.7 Å². The number of benzene rings is 2. The van der Waals surface area contributed by atoms with Gasteiger partial charge in [0, 0.05) is 28.6 Å². The number of sulfonamides is 1. The van der Waals surface area contributed by atoms with E-state index < -0.39 is 10.0 Å². The summed E-state index contributed by atoms with van der Waals surface area (Å²) in [7, 11) is -3.65. The second-order valence-electron chi connectivity index (χ2n) is 6.95. The zero-order chi connectivity index (χ0) is 20.4. The normalized spacial score (nSPS) is 17.7. The number of hydrogen-bond acceptors (Lipinski definition) is 5. The van der Waals surface area contributed by atoms with Crippen LogP contribution in [0.15, 0.2) is 47.4 Å². The molecule has 0 aliphatic carbocycles. The van der Waals surface area contributed by atoms with Gasteiger partial charge in [-0.1, -0.05) is 12.1 Å². The van der Waals surface area contributed by atoms with Crippen molar-refractivity contribution in [2.24, 2.45) is 5.92 Å². The SMILES string of the molecule is O=C(Nc1ccccc1I)C1CCN(S(=O)(=O)c2ccc3c(c2)OCCO3)CC1. The molecule has 7 nitrogen and oxygen atoms in total. The molecule has 2 aliphatic heterocycles. The number of amides is 1. The number of piperidine rings is 1. The second-order valence-corrected chi connectivity index (χ2v) is 10.1. The van der Waals surface area contributed by atoms with E-state index in [1.54, 1.807) is 12.1 Å². The Balaban J connectivity index is 1.41. The molecule has 1 N–H and O–H groups in total. The van der Waals surface area contributed by atoms with Crippen LogP contribution in [-0.4, -0.2) is 44.9 Å². The summed E-state index contributed by atoms with van der Waals surface area (Å²) in [4.78, 5) is 12.8. The van der Waals surface area contributed by atoms with Crippen LogP contribution in [0.4, 0.5) is 5.69 Å². The smallest absolute Gasteiger partial charge is 0.243 e. The highest BCUT2D eigenvalue weighted by molar-refractivity contribution is 14.1. The molecule has 0 radical (unpaired) electrons. The molecule has 2 aromatic carbocycles. The summed E-state index contributed by atoms with van der Waals surface area (Å²) < 4.78 is 39.4. The zero-order valence-electron chi connectivity index (χ0n) is 15.6. The van der Waals surface area contributed by atoms with E-state index >= 15 is 0 Å². The number of anilines is 1. The predicted octanol–water partition coefficient (Wildman–Crippen LogP) is 3.10. The lowest BCUT2D eigenvalue weighted by molar-refractivity contribution is -0.120. The van der Waals surface area contributed by atoms with Crippen LogP contribution >= 0.6 is 22.6 Å². The monoisotopic (exact) mass is 528 g/mol. The van der Waals surface area contributed by atoms with Gasteiger partial charge < -0.3 is 14.8 Å². The Hall–Kier alpha value is -1.85. The van der Waals surface area contributed by atoms with E-state index in [0.29, 0.717) is 50.6 Å². The summed E-state index contributed by atoms with van der Waals surface area (Å²) in [6.45, 7) is 1.47. The number of ether oxygens (including phenoxy) is 2. The van der Waals surface area contributed by atoms with Gasteiger partial charge in [0.1, 0.15) is 13.2 Å². The fraction of sp³-hybridized carbons (Fsp3) is 0.350. The summed E-state index contributed by atoms with van der Waals surface area (Å²) >= 11 is 2.18. The zero-order valence-corrected chi connectivity index (χ0v) is 18.6. The van der Waals surface area contributed by atoms with Crippen molar-refractivity contribution in [2.45, 2.75) is 17.7 Å². The molecule has 2 aromatic rings. The van der Waals surface area contributed by atoms with E-state index in [4.69, 9.17) is 9.47 Å². The fourth-order valence-corrected chi connectivity index (χ4v) is 5.50. The first-order chi connectivity index (χ1) is 13.9. The number of nitrogens with one attached hydrogen (secondary N) is 1. The van der Waals surface area contributed by atoms with Gasteiger partial charge in [-0.25, -0.2) is 8.42 Å². The minimum absolute atomic E-state index is 0.0644. The van der Waals surface area contributed by atoms with Crippen molar-refractivity contribution < 1.29 is 22.7 Å². The number of fused-ring (bicyclic) bond motifs is 1. The molecule has 1 amide bonds. The molecule has 0 spiro atoms. The number of halogens is 1. The van der Waals surface area contributed by atoms with Gasteiger partial charge in [-0.05, 0) is 59.7 Å². The quantitative estimate of drug-likeness (QED) is 0.617. The van der Waals surface area contributed by atoms with Crippen LogP contribution in [0, 0.1) is 9.49 Å². The maximum Gasteiger partial charge on any atom is 0.243 e. The van der Waals surface area contributed by atoms with Crippen molar-refractivity contribution in [1.29, 1.82) is 0 Å². The molecule has 0 saturated carbocycles. The van der Waals surface area contributed by atoms with Gasteiger partial charge in [-0.3, -0.25) is 4.79 Å². The van der Waals surface area contributed by atoms with Crippen LogP contribution in [0.2, 0.25) is 0 Å². The fourth-order valence-electron chi connectivity index (χ4n) is 3.49. The van der Waals surface area contributed by atoms with Crippen LogP contribution in [0.3, 0.4) is 0 Å². The Bertz CT molecular complexity index is 1020. The molecule has 0 aromatic heterocycles. The molecule has 29 heavy (non-hydrogen) atoms. The van der Waals surface area contributed by atoms with E-state index in [2.05, 4.69) is 27.9 Å². The number of para-hydroxylation sites is 1. The highest BCUT2D eigenvalue weighted by Crippen LogP contribution is 2.34. The third kappa shape index (κ3) is 4.36. The van der Waals surface area contributed by atoms with Crippen LogP contribution in [0.5, 0.6) is 11.5 Å². The van der Waals surface area contributed by atoms with Crippen molar-refractivity contribution in [3.05, 3.63) is 46.0 Å². The Morgan fingerprint density at radius 2 is 1.72 bits per heavy atom. The molecule has 4 rings (SSSR count). The minimum atomic E-state index is -3.65. The summed E-state index contributed by atoms with van der Waals surface area (Å²) in [5, 5.41) is 2.95. The van der Waals surface area contributed by atoms with Crippen molar-refractivity contribution in [3.63, 3.8) is 0 Å². The lowest BCUT2D eigenvalue weighted by Gasteiger charge is -2.31. The molecule has 2 heterocycles. The highest BCUT2D eigenvalue weighted by Gasteiger charge is 2.33. The van der Waals surface area contributed by atoms with E-state index in [1.807, 2.05) is 24.3 Å². The van der Waals surface area contributed by atoms with Crippen molar-refractivity contribution in [3.8, 4) is 11.5 Å². The van der Waals surface area contributed by atoms with E-state index in [9.17, 15) is 13.2 Å². The van der Waals surface area contributed by atoms with Crippen LogP contribution in [-0.2, 0) is 14.8 Å². The molecule has 0 unspecified atom stereocenters. The summed E-state index contributed by atoms with van der Waals surface area (Å²) in [5.74, 6) is 0.730. The van der Waals surface area contributed by atoms with Gasteiger partial charge in [-0.15, -0.1) is 0 Å². The predicted molar refractivity (Wildman–Crippen MR) is 117 cm³/mol. The second kappa shape index (κ2) is 8.49. The summed E-state index contributed by atoms with van der Waals surface area (Å²) in [6, 6.07) is 12.3. The lowest BCUT2D eigenvalue weighted by Crippen LogP contribution is -2.41. The van der Waals surface area contributed by atoms with Gasteiger partial charge in [0.2, 0.25) is 15.9 Å². The Kier molecular flexibility index (Phi) is 5.98. The third-order valence-electron chi connectivity index (χ3n) is 5.11. The van der Waals surface area contributed by atoms with E-state index in [1.165, 1.54) is 10.4 Å². The number of carbonyl (C=O) groups is 1. The molecule has 9 heteroatoms. The first kappa shape index (κ1) is 20.4. The number of nitrogens with zero attached hydrogens (tertiary/aromatic N) is 1. The topological polar surface area (TPSA) is 84.9 Å². The van der Waals surface area contributed by atoms with Crippen LogP contribution < -0.4 is 14.8 Å². The molecular formula is C20H21IN2O5S. The molecule has 0 bridgehead atoms. The molecule has 1 saturated heterocycles. The largest absolute Gasteiger partial charge is 0.486 e. The lowest BCUT2D eigenvalue weighted by atomic mass is 9.97. The first-order valence-corrected chi connectivity index (χ1v) is 11.9. The Morgan fingerprint density at radius 3 is 2.45 bits per heavy atom. The third-order valence-corrected chi connectivity index (χ3v) is 7.94. The first-order valence-electron chi connectivity index (χ1n) is 9.40. The number of rotatable bonds is 4. The maximum absolute atomic E-state index is 13.0. The summed E-state index contributed by atoms with van der Waals surface area (Å²) in [5.41, 5.74) is 0.782. The average molecular weight is 528 g/mol. The van der Waals surface area contributed by atoms with Gasteiger partial charge in [-0.2, -0.15) is 4.31 Å². The van der Waals surface area contributed by atoms with Crippen molar-refractivity contribution in [2.75, 3.05) is 31.6 Å². The average Bonchev–Trinajstić information content (AvgIpc) is 2.75. The molecule has 154 valence electrons. The Morgan fingerprint density at radius 1 is 1.03 bits per heavy atom. The maximum atomic E-state index is 13.0.